The predicted octanol–water partition coefficient (Wildman–Crippen LogP) is 4.71. The van der Waals surface area contributed by atoms with Gasteiger partial charge in [-0.25, -0.2) is 5.43 Å². The molecule has 1 aromatic heterocycles. The lowest BCUT2D eigenvalue weighted by molar-refractivity contribution is -0.120. The highest BCUT2D eigenvalue weighted by atomic mass is 79.9. The Kier molecular flexibility index (Phi) is 7.71. The summed E-state index contributed by atoms with van der Waals surface area (Å²) in [6.07, 6.45) is 1.59. The standard InChI is InChI=1S/C24H22BrN5O3S/c1-2-32-20-11-15(13-27-28-21(31)12-22-29-30-24(26)34-22)10-19(25)23(20)33-14-17-8-5-7-16-6-3-4-9-18(16)17/h3-11,13H,2,12,14H2,1H3,(H2,26,30)(H,28,31)/b27-13-. The fourth-order valence-corrected chi connectivity index (χ4v) is 4.51. The summed E-state index contributed by atoms with van der Waals surface area (Å²) >= 11 is 4.75. The number of nitrogen functional groups attached to an aromatic ring is 1. The highest BCUT2D eigenvalue weighted by molar-refractivity contribution is 9.10. The van der Waals surface area contributed by atoms with Gasteiger partial charge in [0.1, 0.15) is 11.6 Å². The molecule has 0 bridgehead atoms. The number of anilines is 1. The van der Waals surface area contributed by atoms with E-state index in [0.717, 1.165) is 26.4 Å². The van der Waals surface area contributed by atoms with E-state index in [0.29, 0.717) is 34.9 Å². The minimum Gasteiger partial charge on any atom is -0.490 e. The number of hydrogen-bond acceptors (Lipinski definition) is 8. The van der Waals surface area contributed by atoms with Crippen LogP contribution in [0.5, 0.6) is 11.5 Å². The summed E-state index contributed by atoms with van der Waals surface area (Å²) in [5, 5.41) is 14.7. The number of amides is 1. The Bertz CT molecular complexity index is 1340. The maximum Gasteiger partial charge on any atom is 0.247 e. The highest BCUT2D eigenvalue weighted by Crippen LogP contribution is 2.37. The van der Waals surface area contributed by atoms with Crippen molar-refractivity contribution < 1.29 is 14.3 Å². The lowest BCUT2D eigenvalue weighted by Crippen LogP contribution is -2.19. The Balaban J connectivity index is 1.46. The monoisotopic (exact) mass is 539 g/mol. The molecule has 0 aliphatic heterocycles. The van der Waals surface area contributed by atoms with Crippen molar-refractivity contribution in [1.82, 2.24) is 15.6 Å². The molecular formula is C24H22BrN5O3S. The van der Waals surface area contributed by atoms with Gasteiger partial charge in [-0.3, -0.25) is 4.79 Å². The normalized spacial score (nSPS) is 11.1. The van der Waals surface area contributed by atoms with E-state index in [4.69, 9.17) is 15.2 Å². The molecule has 174 valence electrons. The van der Waals surface area contributed by atoms with Crippen LogP contribution < -0.4 is 20.6 Å². The van der Waals surface area contributed by atoms with Gasteiger partial charge < -0.3 is 15.2 Å². The van der Waals surface area contributed by atoms with Gasteiger partial charge >= 0.3 is 0 Å². The van der Waals surface area contributed by atoms with Crippen molar-refractivity contribution in [2.45, 2.75) is 20.0 Å². The smallest absolute Gasteiger partial charge is 0.247 e. The van der Waals surface area contributed by atoms with Crippen LogP contribution in [0.25, 0.3) is 10.8 Å². The fourth-order valence-electron chi connectivity index (χ4n) is 3.33. The quantitative estimate of drug-likeness (QED) is 0.235. The van der Waals surface area contributed by atoms with Crippen LogP contribution in [0.4, 0.5) is 5.13 Å². The van der Waals surface area contributed by atoms with Crippen LogP contribution in [0.3, 0.4) is 0 Å². The minimum absolute atomic E-state index is 0.0566. The van der Waals surface area contributed by atoms with Crippen molar-refractivity contribution in [2.24, 2.45) is 5.10 Å². The van der Waals surface area contributed by atoms with E-state index in [1.165, 1.54) is 17.6 Å². The van der Waals surface area contributed by atoms with Crippen LogP contribution >= 0.6 is 27.3 Å². The van der Waals surface area contributed by atoms with Crippen LogP contribution in [0, 0.1) is 0 Å². The summed E-state index contributed by atoms with van der Waals surface area (Å²) in [6, 6.07) is 18.0. The minimum atomic E-state index is -0.313. The van der Waals surface area contributed by atoms with Crippen molar-refractivity contribution in [3.05, 3.63) is 75.2 Å². The highest BCUT2D eigenvalue weighted by Gasteiger charge is 2.13. The molecule has 0 radical (unpaired) electrons. The second kappa shape index (κ2) is 11.1. The van der Waals surface area contributed by atoms with Crippen LogP contribution in [-0.4, -0.2) is 28.9 Å². The van der Waals surface area contributed by atoms with Gasteiger partial charge in [-0.1, -0.05) is 53.8 Å². The largest absolute Gasteiger partial charge is 0.490 e. The molecule has 1 heterocycles. The molecule has 0 fully saturated rings. The first-order valence-corrected chi connectivity index (χ1v) is 12.1. The van der Waals surface area contributed by atoms with Gasteiger partial charge in [-0.2, -0.15) is 5.10 Å². The molecule has 4 rings (SSSR count). The molecule has 8 nitrogen and oxygen atoms in total. The number of nitrogens with one attached hydrogen (secondary N) is 1. The second-order valence-electron chi connectivity index (χ2n) is 7.19. The number of aromatic nitrogens is 2. The van der Waals surface area contributed by atoms with Crippen molar-refractivity contribution in [3.8, 4) is 11.5 Å². The number of carbonyl (C=O) groups excluding carboxylic acids is 1. The summed E-state index contributed by atoms with van der Waals surface area (Å²) in [5.41, 5.74) is 9.82. The maximum absolute atomic E-state index is 12.0. The van der Waals surface area contributed by atoms with Crippen LogP contribution in [0.15, 0.2) is 64.2 Å². The molecule has 0 saturated heterocycles. The molecule has 0 spiro atoms. The van der Waals surface area contributed by atoms with E-state index >= 15 is 0 Å². The Morgan fingerprint density at radius 2 is 2.00 bits per heavy atom. The van der Waals surface area contributed by atoms with E-state index in [2.05, 4.69) is 60.9 Å². The van der Waals surface area contributed by atoms with Gasteiger partial charge in [-0.15, -0.1) is 10.2 Å². The molecule has 0 aliphatic carbocycles. The summed E-state index contributed by atoms with van der Waals surface area (Å²) in [5.74, 6) is 0.866. The molecule has 0 atom stereocenters. The second-order valence-corrected chi connectivity index (χ2v) is 9.14. The molecular weight excluding hydrogens is 518 g/mol. The Labute approximate surface area is 208 Å². The summed E-state index contributed by atoms with van der Waals surface area (Å²) < 4.78 is 12.7. The number of halogens is 1. The third kappa shape index (κ3) is 5.89. The number of benzene rings is 3. The first-order chi connectivity index (χ1) is 16.5. The van der Waals surface area contributed by atoms with Gasteiger partial charge in [0.15, 0.2) is 11.5 Å². The third-order valence-corrected chi connectivity index (χ3v) is 6.12. The molecule has 3 aromatic carbocycles. The molecule has 3 N–H and O–H groups in total. The average Bonchev–Trinajstić information content (AvgIpc) is 3.23. The van der Waals surface area contributed by atoms with Gasteiger partial charge in [0.25, 0.3) is 0 Å². The molecule has 4 aromatic rings. The molecule has 10 heteroatoms. The van der Waals surface area contributed by atoms with E-state index in [1.54, 1.807) is 0 Å². The van der Waals surface area contributed by atoms with Crippen molar-refractivity contribution in [1.29, 1.82) is 0 Å². The lowest BCUT2D eigenvalue weighted by atomic mass is 10.1. The zero-order valence-electron chi connectivity index (χ0n) is 18.3. The number of carbonyl (C=O) groups is 1. The molecule has 0 unspecified atom stereocenters. The molecule has 0 aliphatic rings. The summed E-state index contributed by atoms with van der Waals surface area (Å²) in [4.78, 5) is 12.0. The SMILES string of the molecule is CCOc1cc(/C=N\NC(=O)Cc2nnc(N)s2)cc(Br)c1OCc1cccc2ccccc12. The van der Waals surface area contributed by atoms with Gasteiger partial charge in [-0.05, 0) is 56.9 Å². The van der Waals surface area contributed by atoms with Gasteiger partial charge in [0.05, 0.1) is 23.7 Å². The molecule has 34 heavy (non-hydrogen) atoms. The molecule has 0 saturated carbocycles. The summed E-state index contributed by atoms with van der Waals surface area (Å²) in [6.45, 7) is 2.77. The van der Waals surface area contributed by atoms with Crippen LogP contribution in [0.2, 0.25) is 0 Å². The third-order valence-electron chi connectivity index (χ3n) is 4.78. The predicted molar refractivity (Wildman–Crippen MR) is 137 cm³/mol. The Hall–Kier alpha value is -3.50. The van der Waals surface area contributed by atoms with E-state index in [1.807, 2.05) is 37.3 Å². The summed E-state index contributed by atoms with van der Waals surface area (Å²) in [7, 11) is 0. The van der Waals surface area contributed by atoms with Crippen molar-refractivity contribution >= 4 is 55.3 Å². The maximum atomic E-state index is 12.0. The van der Waals surface area contributed by atoms with E-state index < -0.39 is 0 Å². The number of ether oxygens (including phenoxy) is 2. The number of hydrazone groups is 1. The Morgan fingerprint density at radius 1 is 1.18 bits per heavy atom. The first-order valence-electron chi connectivity index (χ1n) is 10.5. The first kappa shape index (κ1) is 23.7. The fraction of sp³-hybridized carbons (Fsp3) is 0.167. The zero-order chi connectivity index (χ0) is 23.9. The zero-order valence-corrected chi connectivity index (χ0v) is 20.7. The van der Waals surface area contributed by atoms with Crippen LogP contribution in [-0.2, 0) is 17.8 Å². The average molecular weight is 540 g/mol. The van der Waals surface area contributed by atoms with Crippen molar-refractivity contribution in [2.75, 3.05) is 12.3 Å². The van der Waals surface area contributed by atoms with Crippen LogP contribution in [0.1, 0.15) is 23.1 Å². The van der Waals surface area contributed by atoms with Gasteiger partial charge in [0.2, 0.25) is 11.0 Å². The number of rotatable bonds is 9. The number of nitrogens with two attached hydrogens (primary N) is 1. The number of nitrogens with zero attached hydrogens (tertiary/aromatic N) is 3. The lowest BCUT2D eigenvalue weighted by Gasteiger charge is -2.15. The Morgan fingerprint density at radius 3 is 2.79 bits per heavy atom. The van der Waals surface area contributed by atoms with E-state index in [-0.39, 0.29) is 12.3 Å². The number of fused-ring (bicyclic) bond motifs is 1. The molecule has 1 amide bonds. The number of hydrogen-bond donors (Lipinski definition) is 2. The van der Waals surface area contributed by atoms with E-state index in [9.17, 15) is 4.79 Å². The van der Waals surface area contributed by atoms with Gasteiger partial charge in [0, 0.05) is 0 Å². The van der Waals surface area contributed by atoms with Crippen molar-refractivity contribution in [3.63, 3.8) is 0 Å². The topological polar surface area (TPSA) is 112 Å².